The van der Waals surface area contributed by atoms with Crippen molar-refractivity contribution in [3.8, 4) is 11.1 Å². The smallest absolute Gasteiger partial charge is 0.149 e. The van der Waals surface area contributed by atoms with E-state index in [1.165, 1.54) is 24.1 Å². The molecule has 4 rings (SSSR count). The lowest BCUT2D eigenvalue weighted by Gasteiger charge is -2.21. The molecule has 0 unspecified atom stereocenters. The summed E-state index contributed by atoms with van der Waals surface area (Å²) in [4.78, 5) is 6.78. The fourth-order valence-corrected chi connectivity index (χ4v) is 3.76. The van der Waals surface area contributed by atoms with Gasteiger partial charge in [-0.15, -0.1) is 0 Å². The second-order valence-electron chi connectivity index (χ2n) is 8.19. The van der Waals surface area contributed by atoms with Gasteiger partial charge in [0, 0.05) is 63.1 Å². The molecule has 164 valence electrons. The molecule has 0 bridgehead atoms. The fourth-order valence-electron chi connectivity index (χ4n) is 3.76. The van der Waals surface area contributed by atoms with Crippen LogP contribution in [0, 0.1) is 0 Å². The summed E-state index contributed by atoms with van der Waals surface area (Å²) >= 11 is 0. The quantitative estimate of drug-likeness (QED) is 0.510. The summed E-state index contributed by atoms with van der Waals surface area (Å²) in [6, 6.07) is 2.13. The molecule has 2 aromatic heterocycles. The van der Waals surface area contributed by atoms with Gasteiger partial charge in [-0.05, 0) is 68.1 Å². The molecule has 0 saturated heterocycles. The Bertz CT molecular complexity index is 993. The maximum Gasteiger partial charge on any atom is 0.149 e. The Morgan fingerprint density at radius 3 is 2.68 bits per heavy atom. The summed E-state index contributed by atoms with van der Waals surface area (Å²) < 4.78 is 1.81. The van der Waals surface area contributed by atoms with E-state index >= 15 is 0 Å². The predicted molar refractivity (Wildman–Crippen MR) is 128 cm³/mol. The number of pyridine rings is 1. The number of anilines is 2. The van der Waals surface area contributed by atoms with Crippen LogP contribution in [0.3, 0.4) is 0 Å². The number of aromatic nitrogens is 3. The van der Waals surface area contributed by atoms with Gasteiger partial charge in [-0.1, -0.05) is 0 Å². The van der Waals surface area contributed by atoms with E-state index < -0.39 is 0 Å². The molecule has 1 fully saturated rings. The van der Waals surface area contributed by atoms with Crippen LogP contribution in [0.4, 0.5) is 11.5 Å². The van der Waals surface area contributed by atoms with E-state index in [0.29, 0.717) is 0 Å². The van der Waals surface area contributed by atoms with Crippen LogP contribution in [-0.2, 0) is 7.05 Å². The second-order valence-corrected chi connectivity index (χ2v) is 8.19. The summed E-state index contributed by atoms with van der Waals surface area (Å²) in [6.45, 7) is 2.88. The molecule has 3 heterocycles. The number of allylic oxidation sites excluding steroid dienone is 3. The van der Waals surface area contributed by atoms with Crippen molar-refractivity contribution in [2.24, 2.45) is 7.05 Å². The lowest BCUT2D eigenvalue weighted by Crippen LogP contribution is -2.20. The van der Waals surface area contributed by atoms with Crippen molar-refractivity contribution in [3.63, 3.8) is 0 Å². The Morgan fingerprint density at radius 2 is 1.94 bits per heavy atom. The first kappa shape index (κ1) is 21.2. The van der Waals surface area contributed by atoms with Gasteiger partial charge in [0.2, 0.25) is 0 Å². The summed E-state index contributed by atoms with van der Waals surface area (Å²) in [6.07, 6.45) is 17.2. The normalized spacial score (nSPS) is 15.3. The number of aryl methyl sites for hydroxylation is 1. The lowest BCUT2D eigenvalue weighted by atomic mass is 10.1. The molecule has 1 saturated carbocycles. The van der Waals surface area contributed by atoms with Crippen molar-refractivity contribution in [2.75, 3.05) is 44.4 Å². The zero-order valence-corrected chi connectivity index (χ0v) is 18.8. The van der Waals surface area contributed by atoms with Gasteiger partial charge in [-0.3, -0.25) is 4.68 Å². The zero-order chi connectivity index (χ0) is 21.6. The van der Waals surface area contributed by atoms with Crippen molar-refractivity contribution in [1.29, 1.82) is 0 Å². The van der Waals surface area contributed by atoms with Crippen molar-refractivity contribution in [1.82, 2.24) is 25.0 Å². The van der Waals surface area contributed by atoms with E-state index in [0.717, 1.165) is 55.1 Å². The van der Waals surface area contributed by atoms with E-state index in [1.807, 2.05) is 32.7 Å². The van der Waals surface area contributed by atoms with E-state index in [1.54, 1.807) is 10.3 Å². The number of hydrogen-bond acceptors (Lipinski definition) is 6. The molecule has 0 amide bonds. The first-order valence-corrected chi connectivity index (χ1v) is 11.1. The molecule has 31 heavy (non-hydrogen) atoms. The SMILES string of the molecule is CNc1ncc(-c2cnn(C)c2)cc1NCCCNCCC1=CC(=C2CC2)N(C)C=C1. The van der Waals surface area contributed by atoms with Gasteiger partial charge in [0.25, 0.3) is 0 Å². The molecule has 0 radical (unpaired) electrons. The van der Waals surface area contributed by atoms with Crippen LogP contribution in [0.2, 0.25) is 0 Å². The first-order chi connectivity index (χ1) is 15.1. The summed E-state index contributed by atoms with van der Waals surface area (Å²) in [5, 5.41) is 14.5. The van der Waals surface area contributed by atoms with Gasteiger partial charge in [0.15, 0.2) is 0 Å². The average molecular weight is 420 g/mol. The number of likely N-dealkylation sites (N-methyl/N-ethyl adjacent to an activating group) is 1. The molecule has 3 N–H and O–H groups in total. The Labute approximate surface area is 184 Å². The third kappa shape index (κ3) is 5.55. The molecule has 7 heteroatoms. The Morgan fingerprint density at radius 1 is 1.06 bits per heavy atom. The number of nitrogens with zero attached hydrogens (tertiary/aromatic N) is 4. The van der Waals surface area contributed by atoms with Gasteiger partial charge in [-0.2, -0.15) is 5.10 Å². The van der Waals surface area contributed by atoms with Gasteiger partial charge < -0.3 is 20.9 Å². The third-order valence-electron chi connectivity index (χ3n) is 5.68. The minimum absolute atomic E-state index is 0.863. The minimum atomic E-state index is 0.863. The van der Waals surface area contributed by atoms with Gasteiger partial charge in [0.05, 0.1) is 11.9 Å². The van der Waals surface area contributed by atoms with Crippen molar-refractivity contribution in [2.45, 2.75) is 25.7 Å². The number of nitrogens with one attached hydrogen (secondary N) is 3. The molecule has 0 atom stereocenters. The van der Waals surface area contributed by atoms with Crippen LogP contribution < -0.4 is 16.0 Å². The Kier molecular flexibility index (Phi) is 6.72. The molecule has 7 nitrogen and oxygen atoms in total. The maximum absolute atomic E-state index is 4.54. The van der Waals surface area contributed by atoms with Crippen LogP contribution in [0.5, 0.6) is 0 Å². The van der Waals surface area contributed by atoms with Gasteiger partial charge >= 0.3 is 0 Å². The highest BCUT2D eigenvalue weighted by Gasteiger charge is 2.20. The standard InChI is InChI=1S/C24H33N7/c1-25-24-22(14-20(15-28-24)21-16-29-31(3)17-21)27-10-4-9-26-11-7-18-8-12-30(2)23(13-18)19-5-6-19/h8,12-17,26-27H,4-7,9-11H2,1-3H3,(H,25,28). The molecular weight excluding hydrogens is 386 g/mol. The van der Waals surface area contributed by atoms with E-state index in [4.69, 9.17) is 0 Å². The monoisotopic (exact) mass is 419 g/mol. The Hall–Kier alpha value is -3.06. The summed E-state index contributed by atoms with van der Waals surface area (Å²) in [5.74, 6) is 0.863. The molecule has 0 aromatic carbocycles. The van der Waals surface area contributed by atoms with Crippen molar-refractivity contribution in [3.05, 3.63) is 59.9 Å². The van der Waals surface area contributed by atoms with Crippen LogP contribution in [-0.4, -0.2) is 53.4 Å². The number of rotatable bonds is 10. The van der Waals surface area contributed by atoms with Crippen LogP contribution >= 0.6 is 0 Å². The largest absolute Gasteiger partial charge is 0.382 e. The highest BCUT2D eigenvalue weighted by Crippen LogP contribution is 2.35. The fraction of sp³-hybridized carbons (Fsp3) is 0.417. The zero-order valence-electron chi connectivity index (χ0n) is 18.8. The van der Waals surface area contributed by atoms with Crippen molar-refractivity contribution >= 4 is 11.5 Å². The van der Waals surface area contributed by atoms with Gasteiger partial charge in [0.1, 0.15) is 5.82 Å². The number of hydrogen-bond donors (Lipinski definition) is 3. The van der Waals surface area contributed by atoms with E-state index in [9.17, 15) is 0 Å². The summed E-state index contributed by atoms with van der Waals surface area (Å²) in [7, 11) is 5.96. The van der Waals surface area contributed by atoms with Crippen LogP contribution in [0.1, 0.15) is 25.7 Å². The highest BCUT2D eigenvalue weighted by molar-refractivity contribution is 5.73. The van der Waals surface area contributed by atoms with Gasteiger partial charge in [-0.25, -0.2) is 4.98 Å². The third-order valence-corrected chi connectivity index (χ3v) is 5.68. The first-order valence-electron chi connectivity index (χ1n) is 11.1. The lowest BCUT2D eigenvalue weighted by molar-refractivity contribution is 0.574. The minimum Gasteiger partial charge on any atom is -0.382 e. The molecule has 2 aliphatic rings. The van der Waals surface area contributed by atoms with Crippen LogP contribution in [0.25, 0.3) is 11.1 Å². The molecule has 2 aromatic rings. The molecule has 1 aliphatic heterocycles. The van der Waals surface area contributed by atoms with Crippen LogP contribution in [0.15, 0.2) is 59.9 Å². The topological polar surface area (TPSA) is 70.0 Å². The highest BCUT2D eigenvalue weighted by atomic mass is 15.2. The predicted octanol–water partition coefficient (Wildman–Crippen LogP) is 3.74. The van der Waals surface area contributed by atoms with Crippen molar-refractivity contribution < 1.29 is 0 Å². The Balaban J connectivity index is 1.20. The summed E-state index contributed by atoms with van der Waals surface area (Å²) in [5.41, 5.74) is 7.56. The van der Waals surface area contributed by atoms with E-state index in [-0.39, 0.29) is 0 Å². The van der Waals surface area contributed by atoms with E-state index in [2.05, 4.69) is 62.4 Å². The molecular formula is C24H33N7. The molecule has 0 spiro atoms. The second kappa shape index (κ2) is 9.83. The molecule has 1 aliphatic carbocycles. The maximum atomic E-state index is 4.54. The average Bonchev–Trinajstić information content (AvgIpc) is 3.53.